The molecule has 3 atom stereocenters. The fourth-order valence-corrected chi connectivity index (χ4v) is 6.06. The Morgan fingerprint density at radius 2 is 1.94 bits per heavy atom. The van der Waals surface area contributed by atoms with E-state index >= 15 is 0 Å². The highest BCUT2D eigenvalue weighted by Gasteiger charge is 2.55. The number of amides is 2. The normalized spacial score (nSPS) is 36.0. The van der Waals surface area contributed by atoms with Crippen LogP contribution in [-0.2, 0) is 19.1 Å². The molecule has 3 fully saturated rings. The maximum Gasteiger partial charge on any atom is 0.261 e. The van der Waals surface area contributed by atoms with Crippen molar-refractivity contribution in [2.75, 3.05) is 26.4 Å². The predicted molar refractivity (Wildman–Crippen MR) is 114 cm³/mol. The van der Waals surface area contributed by atoms with Crippen LogP contribution in [0.2, 0.25) is 0 Å². The first kappa shape index (κ1) is 20.8. The van der Waals surface area contributed by atoms with Crippen LogP contribution >= 0.6 is 0 Å². The Morgan fingerprint density at radius 1 is 1.13 bits per heavy atom. The molecule has 6 rings (SSSR count). The monoisotopic (exact) mass is 428 g/mol. The van der Waals surface area contributed by atoms with Gasteiger partial charge in [-0.2, -0.15) is 0 Å². The third-order valence-corrected chi connectivity index (χ3v) is 7.50. The molecule has 1 aromatic rings. The summed E-state index contributed by atoms with van der Waals surface area (Å²) in [6.07, 6.45) is 4.91. The zero-order chi connectivity index (χ0) is 21.6. The second-order valence-electron chi connectivity index (χ2n) is 9.70. The Hall–Kier alpha value is -2.12. The van der Waals surface area contributed by atoms with Crippen molar-refractivity contribution in [1.82, 2.24) is 10.2 Å². The number of nitrogens with one attached hydrogen (secondary N) is 1. The minimum atomic E-state index is -0.600. The molecule has 2 saturated heterocycles. The van der Waals surface area contributed by atoms with Crippen molar-refractivity contribution in [3.8, 4) is 5.75 Å². The molecule has 1 aliphatic carbocycles. The lowest BCUT2D eigenvalue weighted by Gasteiger charge is -2.41. The largest absolute Gasteiger partial charge is 0.483 e. The van der Waals surface area contributed by atoms with E-state index in [2.05, 4.69) is 18.3 Å². The predicted octanol–water partition coefficient (Wildman–Crippen LogP) is 2.30. The number of carbonyl (C=O) groups is 2. The van der Waals surface area contributed by atoms with Crippen LogP contribution in [0.1, 0.15) is 56.1 Å². The van der Waals surface area contributed by atoms with Gasteiger partial charge in [0.15, 0.2) is 6.61 Å². The van der Waals surface area contributed by atoms with Crippen LogP contribution in [0, 0.1) is 6.92 Å². The number of morpholine rings is 1. The van der Waals surface area contributed by atoms with E-state index in [1.807, 2.05) is 24.0 Å². The molecule has 1 spiro atoms. The third kappa shape index (κ3) is 3.82. The van der Waals surface area contributed by atoms with Crippen molar-refractivity contribution in [3.05, 3.63) is 29.3 Å². The molecule has 168 valence electrons. The first-order valence-electron chi connectivity index (χ1n) is 11.5. The van der Waals surface area contributed by atoms with Gasteiger partial charge in [0.2, 0.25) is 5.91 Å². The Labute approximate surface area is 183 Å². The highest BCUT2D eigenvalue weighted by molar-refractivity contribution is 5.81. The van der Waals surface area contributed by atoms with Crippen LogP contribution in [0.15, 0.2) is 18.2 Å². The molecule has 0 aromatic heterocycles. The minimum absolute atomic E-state index is 0.0159. The number of fused-ring (bicyclic) bond motifs is 5. The molecule has 2 bridgehead atoms. The van der Waals surface area contributed by atoms with Gasteiger partial charge in [-0.3, -0.25) is 9.59 Å². The van der Waals surface area contributed by atoms with E-state index in [9.17, 15) is 9.59 Å². The van der Waals surface area contributed by atoms with Gasteiger partial charge >= 0.3 is 0 Å². The van der Waals surface area contributed by atoms with E-state index in [0.29, 0.717) is 25.6 Å². The van der Waals surface area contributed by atoms with Crippen LogP contribution in [0.25, 0.3) is 0 Å². The molecule has 0 radical (unpaired) electrons. The fourth-order valence-electron chi connectivity index (χ4n) is 6.06. The average molecular weight is 429 g/mol. The molecule has 31 heavy (non-hydrogen) atoms. The molecule has 1 N–H and O–H groups in total. The molecule has 0 unspecified atom stereocenters. The summed E-state index contributed by atoms with van der Waals surface area (Å²) in [5.74, 6) is 1.05. The first-order chi connectivity index (χ1) is 14.9. The highest BCUT2D eigenvalue weighted by Crippen LogP contribution is 2.41. The summed E-state index contributed by atoms with van der Waals surface area (Å²) >= 11 is 0. The molecule has 1 saturated carbocycles. The average Bonchev–Trinajstić information content (AvgIpc) is 3.01. The summed E-state index contributed by atoms with van der Waals surface area (Å²) in [6, 6.07) is 5.95. The van der Waals surface area contributed by atoms with Gasteiger partial charge in [-0.15, -0.1) is 0 Å². The highest BCUT2D eigenvalue weighted by atomic mass is 16.5. The van der Waals surface area contributed by atoms with Gasteiger partial charge in [-0.05, 0) is 63.5 Å². The maximum atomic E-state index is 13.4. The van der Waals surface area contributed by atoms with Gasteiger partial charge in [0.25, 0.3) is 5.91 Å². The lowest BCUT2D eigenvalue weighted by Crippen LogP contribution is -2.65. The van der Waals surface area contributed by atoms with Gasteiger partial charge in [0, 0.05) is 6.04 Å². The van der Waals surface area contributed by atoms with E-state index in [4.69, 9.17) is 14.2 Å². The topological polar surface area (TPSA) is 77.1 Å². The lowest BCUT2D eigenvalue weighted by molar-refractivity contribution is -0.145. The molecule has 2 amide bonds. The SMILES string of the molecule is Cc1ccc2c(c1)[C@H]1CC[C@H](CC1)OC[C@H]1N(C(=O)CO2)[C@H](C)C[C@]12COCC(=O)N2. The lowest BCUT2D eigenvalue weighted by atomic mass is 9.82. The van der Waals surface area contributed by atoms with E-state index in [1.54, 1.807) is 0 Å². The summed E-state index contributed by atoms with van der Waals surface area (Å²) in [4.78, 5) is 27.4. The summed E-state index contributed by atoms with van der Waals surface area (Å²) in [5.41, 5.74) is 1.82. The molecule has 4 aliphatic heterocycles. The summed E-state index contributed by atoms with van der Waals surface area (Å²) in [7, 11) is 0. The zero-order valence-corrected chi connectivity index (χ0v) is 18.4. The van der Waals surface area contributed by atoms with Gasteiger partial charge in [0.1, 0.15) is 12.4 Å². The van der Waals surface area contributed by atoms with Gasteiger partial charge in [0.05, 0.1) is 30.9 Å². The number of aryl methyl sites for hydroxylation is 1. The quantitative estimate of drug-likeness (QED) is 0.686. The molecular weight excluding hydrogens is 396 g/mol. The minimum Gasteiger partial charge on any atom is -0.483 e. The Morgan fingerprint density at radius 3 is 2.71 bits per heavy atom. The summed E-state index contributed by atoms with van der Waals surface area (Å²) in [5, 5.41) is 3.15. The molecular formula is C24H32N2O5. The van der Waals surface area contributed by atoms with Crippen molar-refractivity contribution >= 4 is 11.8 Å². The van der Waals surface area contributed by atoms with Gasteiger partial charge < -0.3 is 24.4 Å². The standard InChI is InChI=1S/C24H32N2O5/c1-15-3-8-20-19(9-15)17-4-6-18(7-5-17)30-11-21-24(14-29-12-22(27)25-24)10-16(2)26(21)23(28)13-31-20/h3,8-9,16-18,21H,4-7,10-14H2,1-2H3,(H,25,27)/t16-,17-,18+,21-,24+/m1/s1. The Balaban J connectivity index is 1.48. The Bertz CT molecular complexity index is 866. The summed E-state index contributed by atoms with van der Waals surface area (Å²) < 4.78 is 18.1. The number of rotatable bonds is 0. The van der Waals surface area contributed by atoms with Crippen molar-refractivity contribution in [3.63, 3.8) is 0 Å². The van der Waals surface area contributed by atoms with Crippen molar-refractivity contribution in [2.45, 2.75) is 75.6 Å². The molecule has 5 aliphatic rings. The number of ether oxygens (including phenoxy) is 3. The molecule has 7 heteroatoms. The number of benzene rings is 1. The van der Waals surface area contributed by atoms with Crippen LogP contribution in [-0.4, -0.2) is 66.9 Å². The van der Waals surface area contributed by atoms with Gasteiger partial charge in [-0.1, -0.05) is 17.7 Å². The smallest absolute Gasteiger partial charge is 0.261 e. The van der Waals surface area contributed by atoms with E-state index < -0.39 is 5.54 Å². The van der Waals surface area contributed by atoms with E-state index in [-0.39, 0.29) is 43.2 Å². The molecule has 7 nitrogen and oxygen atoms in total. The third-order valence-electron chi connectivity index (χ3n) is 7.50. The second-order valence-corrected chi connectivity index (χ2v) is 9.70. The number of carbonyl (C=O) groups excluding carboxylic acids is 2. The van der Waals surface area contributed by atoms with Crippen LogP contribution in [0.4, 0.5) is 0 Å². The molecule has 1 aromatic carbocycles. The Kier molecular flexibility index (Phi) is 5.42. The van der Waals surface area contributed by atoms with Crippen molar-refractivity contribution < 1.29 is 23.8 Å². The number of nitrogens with zero attached hydrogens (tertiary/aromatic N) is 1. The van der Waals surface area contributed by atoms with E-state index in [1.165, 1.54) is 11.1 Å². The molecule has 4 heterocycles. The number of hydrogen-bond acceptors (Lipinski definition) is 5. The second kappa shape index (κ2) is 8.10. The van der Waals surface area contributed by atoms with Gasteiger partial charge in [-0.25, -0.2) is 0 Å². The van der Waals surface area contributed by atoms with Crippen molar-refractivity contribution in [1.29, 1.82) is 0 Å². The van der Waals surface area contributed by atoms with Crippen LogP contribution < -0.4 is 10.1 Å². The van der Waals surface area contributed by atoms with Crippen LogP contribution in [0.5, 0.6) is 5.75 Å². The van der Waals surface area contributed by atoms with E-state index in [0.717, 1.165) is 31.4 Å². The van der Waals surface area contributed by atoms with Crippen molar-refractivity contribution in [2.24, 2.45) is 0 Å². The maximum absolute atomic E-state index is 13.4. The van der Waals surface area contributed by atoms with Crippen LogP contribution in [0.3, 0.4) is 0 Å². The first-order valence-corrected chi connectivity index (χ1v) is 11.5. The summed E-state index contributed by atoms with van der Waals surface area (Å²) in [6.45, 7) is 4.98. The zero-order valence-electron chi connectivity index (χ0n) is 18.4. The number of hydrogen-bond donors (Lipinski definition) is 1. The fraction of sp³-hybridized carbons (Fsp3) is 0.667.